The standard InChI is InChI=1S/C17H19ClFN/c1-11-5-12(2)7-13(6-11)8-16(20)9-14-3-4-15(19)10-17(14)18/h3-7,10,16H,8-9,20H2,1-2H3. The Labute approximate surface area is 124 Å². The molecule has 0 aromatic heterocycles. The van der Waals surface area contributed by atoms with Crippen LogP contribution in [-0.4, -0.2) is 6.04 Å². The third kappa shape index (κ3) is 4.06. The number of aryl methyl sites for hydroxylation is 2. The smallest absolute Gasteiger partial charge is 0.124 e. The van der Waals surface area contributed by atoms with Crippen LogP contribution in [0.5, 0.6) is 0 Å². The van der Waals surface area contributed by atoms with Crippen LogP contribution in [-0.2, 0) is 12.8 Å². The fraction of sp³-hybridized carbons (Fsp3) is 0.294. The Balaban J connectivity index is 2.06. The lowest BCUT2D eigenvalue weighted by atomic mass is 9.97. The van der Waals surface area contributed by atoms with E-state index in [1.165, 1.54) is 28.8 Å². The topological polar surface area (TPSA) is 26.0 Å². The Bertz CT molecular complexity index is 590. The first kappa shape index (κ1) is 15.0. The normalized spacial score (nSPS) is 12.4. The third-order valence-corrected chi connectivity index (χ3v) is 3.63. The third-order valence-electron chi connectivity index (χ3n) is 3.28. The van der Waals surface area contributed by atoms with Crippen LogP contribution in [0, 0.1) is 19.7 Å². The van der Waals surface area contributed by atoms with Gasteiger partial charge in [0.25, 0.3) is 0 Å². The highest BCUT2D eigenvalue weighted by Crippen LogP contribution is 2.19. The van der Waals surface area contributed by atoms with Crippen molar-refractivity contribution in [3.8, 4) is 0 Å². The molecule has 0 radical (unpaired) electrons. The van der Waals surface area contributed by atoms with Gasteiger partial charge in [-0.1, -0.05) is 47.0 Å². The first-order chi connectivity index (χ1) is 9.44. The molecule has 1 nitrogen and oxygen atoms in total. The molecule has 0 fully saturated rings. The molecule has 2 N–H and O–H groups in total. The molecule has 1 unspecified atom stereocenters. The fourth-order valence-electron chi connectivity index (χ4n) is 2.53. The van der Waals surface area contributed by atoms with E-state index in [0.717, 1.165) is 12.0 Å². The van der Waals surface area contributed by atoms with Crippen LogP contribution in [0.15, 0.2) is 36.4 Å². The van der Waals surface area contributed by atoms with Crippen LogP contribution in [0.4, 0.5) is 4.39 Å². The van der Waals surface area contributed by atoms with E-state index >= 15 is 0 Å². The molecule has 2 rings (SSSR count). The molecule has 0 bridgehead atoms. The summed E-state index contributed by atoms with van der Waals surface area (Å²) < 4.78 is 13.0. The van der Waals surface area contributed by atoms with E-state index in [0.29, 0.717) is 11.4 Å². The van der Waals surface area contributed by atoms with Crippen molar-refractivity contribution in [3.05, 3.63) is 69.5 Å². The van der Waals surface area contributed by atoms with Crippen molar-refractivity contribution in [2.24, 2.45) is 5.73 Å². The molecule has 3 heteroatoms. The van der Waals surface area contributed by atoms with Gasteiger partial charge >= 0.3 is 0 Å². The van der Waals surface area contributed by atoms with Gasteiger partial charge in [0.1, 0.15) is 5.82 Å². The Morgan fingerprint density at radius 1 is 1.05 bits per heavy atom. The summed E-state index contributed by atoms with van der Waals surface area (Å²) in [5.74, 6) is -0.318. The van der Waals surface area contributed by atoms with Gasteiger partial charge < -0.3 is 5.73 Å². The summed E-state index contributed by atoms with van der Waals surface area (Å²) in [6.45, 7) is 4.16. The summed E-state index contributed by atoms with van der Waals surface area (Å²) >= 11 is 6.03. The molecule has 20 heavy (non-hydrogen) atoms. The maximum atomic E-state index is 13.0. The summed E-state index contributed by atoms with van der Waals surface area (Å²) in [5, 5.41) is 0.445. The minimum atomic E-state index is -0.318. The fourth-order valence-corrected chi connectivity index (χ4v) is 2.78. The summed E-state index contributed by atoms with van der Waals surface area (Å²) in [4.78, 5) is 0. The van der Waals surface area contributed by atoms with Crippen LogP contribution >= 0.6 is 11.6 Å². The van der Waals surface area contributed by atoms with Crippen molar-refractivity contribution in [2.45, 2.75) is 32.7 Å². The minimum absolute atomic E-state index is 0.0286. The van der Waals surface area contributed by atoms with Crippen molar-refractivity contribution in [1.82, 2.24) is 0 Å². The van der Waals surface area contributed by atoms with Gasteiger partial charge in [-0.25, -0.2) is 4.39 Å². The maximum absolute atomic E-state index is 13.0. The van der Waals surface area contributed by atoms with E-state index in [1.54, 1.807) is 6.07 Å². The summed E-state index contributed by atoms with van der Waals surface area (Å²) in [6.07, 6.45) is 1.43. The second kappa shape index (κ2) is 6.38. The van der Waals surface area contributed by atoms with Crippen molar-refractivity contribution < 1.29 is 4.39 Å². The molecule has 106 valence electrons. The van der Waals surface area contributed by atoms with E-state index in [9.17, 15) is 4.39 Å². The van der Waals surface area contributed by atoms with Gasteiger partial charge in [-0.15, -0.1) is 0 Å². The number of hydrogen-bond donors (Lipinski definition) is 1. The van der Waals surface area contributed by atoms with Gasteiger partial charge in [-0.3, -0.25) is 0 Å². The van der Waals surface area contributed by atoms with Crippen molar-refractivity contribution >= 4 is 11.6 Å². The van der Waals surface area contributed by atoms with E-state index < -0.39 is 0 Å². The Hall–Kier alpha value is -1.38. The van der Waals surface area contributed by atoms with Crippen molar-refractivity contribution in [3.63, 3.8) is 0 Å². The Kier molecular flexibility index (Phi) is 4.79. The average molecular weight is 292 g/mol. The second-order valence-electron chi connectivity index (χ2n) is 5.40. The highest BCUT2D eigenvalue weighted by atomic mass is 35.5. The van der Waals surface area contributed by atoms with Gasteiger partial charge in [0.2, 0.25) is 0 Å². The SMILES string of the molecule is Cc1cc(C)cc(CC(N)Cc2ccc(F)cc2Cl)c1. The highest BCUT2D eigenvalue weighted by Gasteiger charge is 2.09. The molecule has 1 atom stereocenters. The van der Waals surface area contributed by atoms with E-state index in [-0.39, 0.29) is 11.9 Å². The van der Waals surface area contributed by atoms with E-state index in [4.69, 9.17) is 17.3 Å². The summed E-state index contributed by atoms with van der Waals surface area (Å²) in [7, 11) is 0. The van der Waals surface area contributed by atoms with Crippen LogP contribution in [0.25, 0.3) is 0 Å². The molecule has 0 saturated carbocycles. The minimum Gasteiger partial charge on any atom is -0.327 e. The predicted molar refractivity (Wildman–Crippen MR) is 82.7 cm³/mol. The summed E-state index contributed by atoms with van der Waals surface area (Å²) in [6, 6.07) is 10.9. The van der Waals surface area contributed by atoms with Gasteiger partial charge in [0, 0.05) is 11.1 Å². The lowest BCUT2D eigenvalue weighted by Crippen LogP contribution is -2.25. The summed E-state index contributed by atoms with van der Waals surface area (Å²) in [5.41, 5.74) is 10.8. The second-order valence-corrected chi connectivity index (χ2v) is 5.81. The molecule has 0 amide bonds. The Morgan fingerprint density at radius 2 is 1.70 bits per heavy atom. The lowest BCUT2D eigenvalue weighted by Gasteiger charge is -2.14. The van der Waals surface area contributed by atoms with Gasteiger partial charge in [-0.2, -0.15) is 0 Å². The molecule has 2 aromatic carbocycles. The molecule has 0 spiro atoms. The zero-order valence-electron chi connectivity index (χ0n) is 11.8. The molecule has 0 aliphatic heterocycles. The number of nitrogens with two attached hydrogens (primary N) is 1. The van der Waals surface area contributed by atoms with Crippen molar-refractivity contribution in [1.29, 1.82) is 0 Å². The number of benzene rings is 2. The zero-order chi connectivity index (χ0) is 14.7. The highest BCUT2D eigenvalue weighted by molar-refractivity contribution is 6.31. The molecule has 0 saturated heterocycles. The maximum Gasteiger partial charge on any atom is 0.124 e. The van der Waals surface area contributed by atoms with Crippen LogP contribution in [0.3, 0.4) is 0 Å². The van der Waals surface area contributed by atoms with Gasteiger partial charge in [0.05, 0.1) is 0 Å². The van der Waals surface area contributed by atoms with Crippen LogP contribution in [0.2, 0.25) is 5.02 Å². The first-order valence-electron chi connectivity index (χ1n) is 6.70. The number of hydrogen-bond acceptors (Lipinski definition) is 1. The molecular formula is C17H19ClFN. The molecule has 0 aliphatic rings. The largest absolute Gasteiger partial charge is 0.327 e. The first-order valence-corrected chi connectivity index (χ1v) is 7.08. The lowest BCUT2D eigenvalue weighted by molar-refractivity contribution is 0.623. The van der Waals surface area contributed by atoms with Gasteiger partial charge in [-0.05, 0) is 49.9 Å². The quantitative estimate of drug-likeness (QED) is 0.897. The molecule has 2 aromatic rings. The average Bonchev–Trinajstić information content (AvgIpc) is 2.31. The number of rotatable bonds is 4. The van der Waals surface area contributed by atoms with Crippen LogP contribution in [0.1, 0.15) is 22.3 Å². The van der Waals surface area contributed by atoms with Gasteiger partial charge in [0.15, 0.2) is 0 Å². The van der Waals surface area contributed by atoms with E-state index in [2.05, 4.69) is 32.0 Å². The molecule has 0 heterocycles. The molecular weight excluding hydrogens is 273 g/mol. The van der Waals surface area contributed by atoms with Crippen LogP contribution < -0.4 is 5.73 Å². The number of halogens is 2. The molecule has 0 aliphatic carbocycles. The predicted octanol–water partition coefficient (Wildman–Crippen LogP) is 4.21. The monoisotopic (exact) mass is 291 g/mol. The zero-order valence-corrected chi connectivity index (χ0v) is 12.5. The Morgan fingerprint density at radius 3 is 2.30 bits per heavy atom. The van der Waals surface area contributed by atoms with Crippen molar-refractivity contribution in [2.75, 3.05) is 0 Å². The van der Waals surface area contributed by atoms with E-state index in [1.807, 2.05) is 0 Å².